The van der Waals surface area contributed by atoms with E-state index in [2.05, 4.69) is 18.2 Å². The van der Waals surface area contributed by atoms with Crippen LogP contribution in [0.25, 0.3) is 0 Å². The van der Waals surface area contributed by atoms with Gasteiger partial charge < -0.3 is 0 Å². The standard InChI is InChI=1S/C25H34FN/c26-18-2-1-3-20-10-14-24(15-11-20)25-16-12-22(13-17-25)5-4-21-6-8-23(19-27)9-7-21/h1-2,6-9,20,22,24-25H,3-5,10-18H2/b2-1+. The van der Waals surface area contributed by atoms with E-state index in [0.29, 0.717) is 0 Å². The fraction of sp³-hybridized carbons (Fsp3) is 0.640. The summed E-state index contributed by atoms with van der Waals surface area (Å²) in [6.07, 6.45) is 18.4. The molecule has 0 aliphatic heterocycles. The second-order valence-corrected chi connectivity index (χ2v) is 8.77. The Hall–Kier alpha value is -1.62. The van der Waals surface area contributed by atoms with Crippen LogP contribution in [0.2, 0.25) is 0 Å². The van der Waals surface area contributed by atoms with Gasteiger partial charge in [-0.15, -0.1) is 0 Å². The van der Waals surface area contributed by atoms with Gasteiger partial charge in [0.25, 0.3) is 0 Å². The fourth-order valence-electron chi connectivity index (χ4n) is 5.31. The maximum atomic E-state index is 12.2. The zero-order chi connectivity index (χ0) is 18.9. The molecule has 0 N–H and O–H groups in total. The zero-order valence-electron chi connectivity index (χ0n) is 16.6. The van der Waals surface area contributed by atoms with Crippen LogP contribution in [0, 0.1) is 35.0 Å². The molecule has 2 saturated carbocycles. The molecule has 0 spiro atoms. The summed E-state index contributed by atoms with van der Waals surface area (Å²) >= 11 is 0. The molecule has 2 fully saturated rings. The topological polar surface area (TPSA) is 23.8 Å². The van der Waals surface area contributed by atoms with E-state index in [1.54, 1.807) is 6.08 Å². The molecule has 146 valence electrons. The van der Waals surface area contributed by atoms with Gasteiger partial charge in [-0.05, 0) is 99.2 Å². The highest BCUT2D eigenvalue weighted by Gasteiger charge is 2.30. The molecule has 0 saturated heterocycles. The second kappa shape index (κ2) is 10.6. The Kier molecular flexibility index (Phi) is 7.93. The van der Waals surface area contributed by atoms with Gasteiger partial charge >= 0.3 is 0 Å². The lowest BCUT2D eigenvalue weighted by Gasteiger charge is -2.37. The summed E-state index contributed by atoms with van der Waals surface area (Å²) in [5.74, 6) is 3.59. The normalized spacial score (nSPS) is 28.9. The van der Waals surface area contributed by atoms with Gasteiger partial charge in [0.2, 0.25) is 0 Å². The highest BCUT2D eigenvalue weighted by atomic mass is 19.1. The van der Waals surface area contributed by atoms with Crippen LogP contribution in [0.3, 0.4) is 0 Å². The van der Waals surface area contributed by atoms with Gasteiger partial charge in [0.1, 0.15) is 6.67 Å². The van der Waals surface area contributed by atoms with Crippen LogP contribution in [-0.4, -0.2) is 6.67 Å². The number of alkyl halides is 1. The molecule has 1 aromatic carbocycles. The third-order valence-electron chi connectivity index (χ3n) is 7.10. The number of nitriles is 1. The number of hydrogen-bond acceptors (Lipinski definition) is 1. The van der Waals surface area contributed by atoms with E-state index in [9.17, 15) is 4.39 Å². The van der Waals surface area contributed by atoms with Crippen molar-refractivity contribution in [3.05, 3.63) is 47.5 Å². The molecule has 0 amide bonds. The number of benzene rings is 1. The van der Waals surface area contributed by atoms with Crippen molar-refractivity contribution in [3.63, 3.8) is 0 Å². The Balaban J connectivity index is 1.34. The van der Waals surface area contributed by atoms with E-state index < -0.39 is 0 Å². The fourth-order valence-corrected chi connectivity index (χ4v) is 5.31. The van der Waals surface area contributed by atoms with Gasteiger partial charge in [-0.2, -0.15) is 5.26 Å². The number of hydrogen-bond donors (Lipinski definition) is 0. The first-order chi connectivity index (χ1) is 13.3. The van der Waals surface area contributed by atoms with E-state index in [-0.39, 0.29) is 6.67 Å². The number of aryl methyl sites for hydroxylation is 1. The predicted octanol–water partition coefficient (Wildman–Crippen LogP) is 7.02. The van der Waals surface area contributed by atoms with E-state index in [1.165, 1.54) is 63.4 Å². The summed E-state index contributed by atoms with van der Waals surface area (Å²) in [5.41, 5.74) is 2.13. The average molecular weight is 368 g/mol. The van der Waals surface area contributed by atoms with Crippen LogP contribution < -0.4 is 0 Å². The molecular weight excluding hydrogens is 333 g/mol. The Morgan fingerprint density at radius 3 is 2.00 bits per heavy atom. The molecule has 0 heterocycles. The SMILES string of the molecule is N#Cc1ccc(CCC2CCC(C3CCC(C/C=C/CF)CC3)CC2)cc1. The minimum absolute atomic E-state index is 0.316. The smallest absolute Gasteiger partial charge is 0.108 e. The van der Waals surface area contributed by atoms with Crippen LogP contribution in [0.5, 0.6) is 0 Å². The van der Waals surface area contributed by atoms with Crippen LogP contribution in [0.4, 0.5) is 4.39 Å². The van der Waals surface area contributed by atoms with Gasteiger partial charge in [0, 0.05) is 0 Å². The molecule has 0 aromatic heterocycles. The minimum atomic E-state index is -0.316. The van der Waals surface area contributed by atoms with Crippen LogP contribution in [0.1, 0.15) is 75.3 Å². The number of rotatable bonds is 7. The summed E-state index contributed by atoms with van der Waals surface area (Å²) in [5, 5.41) is 8.89. The molecule has 0 radical (unpaired) electrons. The summed E-state index contributed by atoms with van der Waals surface area (Å²) in [4.78, 5) is 0. The Morgan fingerprint density at radius 1 is 0.852 bits per heavy atom. The largest absolute Gasteiger partial charge is 0.247 e. The molecule has 3 rings (SSSR count). The lowest BCUT2D eigenvalue weighted by Crippen LogP contribution is -2.26. The second-order valence-electron chi connectivity index (χ2n) is 8.77. The number of nitrogens with zero attached hydrogens (tertiary/aromatic N) is 1. The predicted molar refractivity (Wildman–Crippen MR) is 110 cm³/mol. The van der Waals surface area contributed by atoms with Crippen LogP contribution in [-0.2, 0) is 6.42 Å². The van der Waals surface area contributed by atoms with Crippen molar-refractivity contribution in [3.8, 4) is 6.07 Å². The van der Waals surface area contributed by atoms with Crippen molar-refractivity contribution in [2.75, 3.05) is 6.67 Å². The average Bonchev–Trinajstić information content (AvgIpc) is 2.74. The maximum Gasteiger partial charge on any atom is 0.108 e. The van der Waals surface area contributed by atoms with Gasteiger partial charge in [-0.25, -0.2) is 4.39 Å². The zero-order valence-corrected chi connectivity index (χ0v) is 16.6. The van der Waals surface area contributed by atoms with Crippen molar-refractivity contribution >= 4 is 0 Å². The first kappa shape index (κ1) is 20.1. The summed E-state index contributed by atoms with van der Waals surface area (Å²) < 4.78 is 12.2. The monoisotopic (exact) mass is 367 g/mol. The van der Waals surface area contributed by atoms with Crippen molar-refractivity contribution in [2.45, 2.75) is 70.6 Å². The van der Waals surface area contributed by atoms with E-state index >= 15 is 0 Å². The lowest BCUT2D eigenvalue weighted by atomic mass is 9.68. The van der Waals surface area contributed by atoms with Gasteiger partial charge in [0.05, 0.1) is 11.6 Å². The van der Waals surface area contributed by atoms with Gasteiger partial charge in [-0.1, -0.05) is 37.1 Å². The molecule has 2 heteroatoms. The van der Waals surface area contributed by atoms with Crippen molar-refractivity contribution in [1.29, 1.82) is 5.26 Å². The van der Waals surface area contributed by atoms with Gasteiger partial charge in [0.15, 0.2) is 0 Å². The van der Waals surface area contributed by atoms with Crippen LogP contribution in [0.15, 0.2) is 36.4 Å². The van der Waals surface area contributed by atoms with Gasteiger partial charge in [-0.3, -0.25) is 0 Å². The minimum Gasteiger partial charge on any atom is -0.247 e. The number of allylic oxidation sites excluding steroid dienone is 2. The van der Waals surface area contributed by atoms with Crippen molar-refractivity contribution < 1.29 is 4.39 Å². The molecule has 27 heavy (non-hydrogen) atoms. The molecule has 2 aliphatic rings. The quantitative estimate of drug-likeness (QED) is 0.475. The first-order valence-corrected chi connectivity index (χ1v) is 11.0. The summed E-state index contributed by atoms with van der Waals surface area (Å²) in [6, 6.07) is 10.3. The third-order valence-corrected chi connectivity index (χ3v) is 7.10. The highest BCUT2D eigenvalue weighted by Crippen LogP contribution is 2.42. The van der Waals surface area contributed by atoms with E-state index in [1.807, 2.05) is 18.2 Å². The Morgan fingerprint density at radius 2 is 1.44 bits per heavy atom. The first-order valence-electron chi connectivity index (χ1n) is 11.0. The summed E-state index contributed by atoms with van der Waals surface area (Å²) in [7, 11) is 0. The molecule has 1 aromatic rings. The van der Waals surface area contributed by atoms with Crippen LogP contribution >= 0.6 is 0 Å². The molecule has 0 bridgehead atoms. The van der Waals surface area contributed by atoms with Crippen molar-refractivity contribution in [2.24, 2.45) is 23.7 Å². The Labute approximate surface area is 164 Å². The number of halogens is 1. The Bertz CT molecular complexity index is 611. The highest BCUT2D eigenvalue weighted by molar-refractivity contribution is 5.31. The van der Waals surface area contributed by atoms with E-state index in [0.717, 1.165) is 42.1 Å². The maximum absolute atomic E-state index is 12.2. The summed E-state index contributed by atoms with van der Waals surface area (Å²) in [6.45, 7) is -0.316. The molecular formula is C25H34FN. The molecule has 2 aliphatic carbocycles. The lowest BCUT2D eigenvalue weighted by molar-refractivity contribution is 0.144. The molecule has 0 atom stereocenters. The molecule has 0 unspecified atom stereocenters. The third kappa shape index (κ3) is 6.20. The molecule has 1 nitrogen and oxygen atoms in total. The van der Waals surface area contributed by atoms with Crippen molar-refractivity contribution in [1.82, 2.24) is 0 Å². The van der Waals surface area contributed by atoms with E-state index in [4.69, 9.17) is 5.26 Å².